The lowest BCUT2D eigenvalue weighted by atomic mass is 9.99. The highest BCUT2D eigenvalue weighted by Crippen LogP contribution is 2.26. The number of amides is 1. The van der Waals surface area contributed by atoms with Crippen molar-refractivity contribution in [2.24, 2.45) is 17.8 Å². The molecule has 1 saturated heterocycles. The van der Waals surface area contributed by atoms with Crippen LogP contribution in [-0.2, 0) is 14.3 Å². The van der Waals surface area contributed by atoms with Crippen LogP contribution in [0.15, 0.2) is 0 Å². The Balaban J connectivity index is 2.59. The fourth-order valence-corrected chi connectivity index (χ4v) is 2.47. The van der Waals surface area contributed by atoms with Crippen LogP contribution in [-0.4, -0.2) is 37.0 Å². The molecule has 17 heavy (non-hydrogen) atoms. The zero-order chi connectivity index (χ0) is 13.0. The van der Waals surface area contributed by atoms with Crippen LogP contribution in [0.4, 0.5) is 0 Å². The van der Waals surface area contributed by atoms with Gasteiger partial charge in [-0.15, -0.1) is 0 Å². The van der Waals surface area contributed by atoms with Crippen molar-refractivity contribution in [3.05, 3.63) is 0 Å². The standard InChI is InChI=1S/C13H23NO3/c1-5-6-9(2)12(15)14-7-10(3)11(8-14)13(16)17-4/h9-11H,5-8H2,1-4H3. The van der Waals surface area contributed by atoms with Crippen molar-refractivity contribution >= 4 is 11.9 Å². The predicted octanol–water partition coefficient (Wildman–Crippen LogP) is 1.69. The fraction of sp³-hybridized carbons (Fsp3) is 0.846. The van der Waals surface area contributed by atoms with Gasteiger partial charge < -0.3 is 9.64 Å². The molecule has 1 amide bonds. The molecular formula is C13H23NO3. The van der Waals surface area contributed by atoms with E-state index in [0.29, 0.717) is 13.1 Å². The smallest absolute Gasteiger partial charge is 0.310 e. The number of carbonyl (C=O) groups excluding carboxylic acids is 2. The second kappa shape index (κ2) is 6.03. The maximum Gasteiger partial charge on any atom is 0.310 e. The number of hydrogen-bond acceptors (Lipinski definition) is 3. The molecule has 4 nitrogen and oxygen atoms in total. The first-order chi connectivity index (χ1) is 8.01. The summed E-state index contributed by atoms with van der Waals surface area (Å²) in [4.78, 5) is 25.5. The molecule has 3 unspecified atom stereocenters. The van der Waals surface area contributed by atoms with Gasteiger partial charge in [0.05, 0.1) is 13.0 Å². The molecule has 1 rings (SSSR count). The molecule has 0 bridgehead atoms. The van der Waals surface area contributed by atoms with Crippen LogP contribution in [0, 0.1) is 17.8 Å². The van der Waals surface area contributed by atoms with Gasteiger partial charge in [-0.1, -0.05) is 27.2 Å². The summed E-state index contributed by atoms with van der Waals surface area (Å²) in [7, 11) is 1.40. The van der Waals surface area contributed by atoms with Crippen molar-refractivity contribution in [2.75, 3.05) is 20.2 Å². The highest BCUT2D eigenvalue weighted by Gasteiger charge is 2.38. The third-order valence-electron chi connectivity index (χ3n) is 3.57. The van der Waals surface area contributed by atoms with Crippen molar-refractivity contribution in [2.45, 2.75) is 33.6 Å². The van der Waals surface area contributed by atoms with Gasteiger partial charge in [0.1, 0.15) is 0 Å². The number of likely N-dealkylation sites (tertiary alicyclic amines) is 1. The fourth-order valence-electron chi connectivity index (χ4n) is 2.47. The van der Waals surface area contributed by atoms with Gasteiger partial charge in [0.15, 0.2) is 0 Å². The molecule has 1 aliphatic rings. The van der Waals surface area contributed by atoms with Crippen LogP contribution in [0.5, 0.6) is 0 Å². The maximum absolute atomic E-state index is 12.1. The lowest BCUT2D eigenvalue weighted by Gasteiger charge is -2.20. The van der Waals surface area contributed by atoms with E-state index in [1.54, 1.807) is 0 Å². The van der Waals surface area contributed by atoms with Gasteiger partial charge in [-0.05, 0) is 12.3 Å². The third-order valence-corrected chi connectivity index (χ3v) is 3.57. The summed E-state index contributed by atoms with van der Waals surface area (Å²) >= 11 is 0. The van der Waals surface area contributed by atoms with Crippen molar-refractivity contribution in [3.63, 3.8) is 0 Å². The Morgan fingerprint density at radius 2 is 2.06 bits per heavy atom. The van der Waals surface area contributed by atoms with E-state index in [-0.39, 0.29) is 29.6 Å². The van der Waals surface area contributed by atoms with Gasteiger partial charge in [0.25, 0.3) is 0 Å². The summed E-state index contributed by atoms with van der Waals surface area (Å²) in [5, 5.41) is 0. The monoisotopic (exact) mass is 241 g/mol. The molecule has 0 aromatic rings. The zero-order valence-corrected chi connectivity index (χ0v) is 11.2. The van der Waals surface area contributed by atoms with Crippen LogP contribution in [0.25, 0.3) is 0 Å². The molecule has 0 aromatic heterocycles. The molecule has 1 heterocycles. The largest absolute Gasteiger partial charge is 0.469 e. The number of ether oxygens (including phenoxy) is 1. The minimum Gasteiger partial charge on any atom is -0.469 e. The highest BCUT2D eigenvalue weighted by atomic mass is 16.5. The van der Waals surface area contributed by atoms with Crippen LogP contribution in [0.2, 0.25) is 0 Å². The van der Waals surface area contributed by atoms with Gasteiger partial charge >= 0.3 is 5.97 Å². The SMILES string of the molecule is CCCC(C)C(=O)N1CC(C)C(C(=O)OC)C1. The second-order valence-corrected chi connectivity index (χ2v) is 5.04. The highest BCUT2D eigenvalue weighted by molar-refractivity contribution is 5.81. The molecule has 0 radical (unpaired) electrons. The van der Waals surface area contributed by atoms with Crippen LogP contribution < -0.4 is 0 Å². The van der Waals surface area contributed by atoms with Crippen LogP contribution in [0.1, 0.15) is 33.6 Å². The van der Waals surface area contributed by atoms with E-state index in [4.69, 9.17) is 4.74 Å². The van der Waals surface area contributed by atoms with Gasteiger partial charge in [-0.2, -0.15) is 0 Å². The summed E-state index contributed by atoms with van der Waals surface area (Å²) in [6.07, 6.45) is 1.92. The Labute approximate surface area is 103 Å². The van der Waals surface area contributed by atoms with Crippen LogP contribution >= 0.6 is 0 Å². The molecule has 0 N–H and O–H groups in total. The topological polar surface area (TPSA) is 46.6 Å². The Bertz CT molecular complexity index is 290. The average molecular weight is 241 g/mol. The number of hydrogen-bond donors (Lipinski definition) is 0. The van der Waals surface area contributed by atoms with Gasteiger partial charge in [-0.25, -0.2) is 0 Å². The molecule has 98 valence electrons. The van der Waals surface area contributed by atoms with E-state index in [1.165, 1.54) is 7.11 Å². The number of methoxy groups -OCH3 is 1. The summed E-state index contributed by atoms with van der Waals surface area (Å²) < 4.78 is 4.76. The van der Waals surface area contributed by atoms with Gasteiger partial charge in [0, 0.05) is 19.0 Å². The third kappa shape index (κ3) is 3.20. The van der Waals surface area contributed by atoms with E-state index < -0.39 is 0 Å². The molecule has 3 atom stereocenters. The van der Waals surface area contributed by atoms with Crippen molar-refractivity contribution in [3.8, 4) is 0 Å². The Kier molecular flexibility index (Phi) is 4.97. The Morgan fingerprint density at radius 1 is 1.41 bits per heavy atom. The Morgan fingerprint density at radius 3 is 2.59 bits per heavy atom. The van der Waals surface area contributed by atoms with Crippen molar-refractivity contribution in [1.82, 2.24) is 4.90 Å². The van der Waals surface area contributed by atoms with E-state index in [1.807, 2.05) is 18.7 Å². The zero-order valence-electron chi connectivity index (χ0n) is 11.2. The minimum atomic E-state index is -0.198. The predicted molar refractivity (Wildman–Crippen MR) is 65.3 cm³/mol. The number of nitrogens with zero attached hydrogens (tertiary/aromatic N) is 1. The first kappa shape index (κ1) is 14.0. The molecular weight excluding hydrogens is 218 g/mol. The molecule has 0 spiro atoms. The summed E-state index contributed by atoms with van der Waals surface area (Å²) in [6, 6.07) is 0. The molecule has 0 saturated carbocycles. The van der Waals surface area contributed by atoms with E-state index in [2.05, 4.69) is 6.92 Å². The van der Waals surface area contributed by atoms with Crippen molar-refractivity contribution in [1.29, 1.82) is 0 Å². The molecule has 0 aliphatic carbocycles. The van der Waals surface area contributed by atoms with Crippen molar-refractivity contribution < 1.29 is 14.3 Å². The molecule has 1 aliphatic heterocycles. The first-order valence-electron chi connectivity index (χ1n) is 6.37. The van der Waals surface area contributed by atoms with E-state index in [0.717, 1.165) is 12.8 Å². The quantitative estimate of drug-likeness (QED) is 0.704. The molecule has 0 aromatic carbocycles. The normalized spacial score (nSPS) is 25.8. The lowest BCUT2D eigenvalue weighted by molar-refractivity contribution is -0.146. The van der Waals surface area contributed by atoms with E-state index in [9.17, 15) is 9.59 Å². The second-order valence-electron chi connectivity index (χ2n) is 5.04. The average Bonchev–Trinajstić information content (AvgIpc) is 2.69. The summed E-state index contributed by atoms with van der Waals surface area (Å²) in [5.74, 6) is 0.0719. The van der Waals surface area contributed by atoms with Gasteiger partial charge in [0.2, 0.25) is 5.91 Å². The molecule has 4 heteroatoms. The first-order valence-corrected chi connectivity index (χ1v) is 6.37. The van der Waals surface area contributed by atoms with Gasteiger partial charge in [-0.3, -0.25) is 9.59 Å². The lowest BCUT2D eigenvalue weighted by Crippen LogP contribution is -2.34. The summed E-state index contributed by atoms with van der Waals surface area (Å²) in [6.45, 7) is 7.22. The summed E-state index contributed by atoms with van der Waals surface area (Å²) in [5.41, 5.74) is 0. The minimum absolute atomic E-state index is 0.0589. The number of rotatable bonds is 4. The number of carbonyl (C=O) groups is 2. The van der Waals surface area contributed by atoms with Crippen LogP contribution in [0.3, 0.4) is 0 Å². The van der Waals surface area contributed by atoms with E-state index >= 15 is 0 Å². The Hall–Kier alpha value is -1.06. The molecule has 1 fully saturated rings. The number of esters is 1. The maximum atomic E-state index is 12.1.